The van der Waals surface area contributed by atoms with Crippen LogP contribution in [-0.2, 0) is 4.79 Å². The molecule has 1 aliphatic rings. The molecule has 5 nitrogen and oxygen atoms in total. The minimum Gasteiger partial charge on any atom is -0.423 e. The van der Waals surface area contributed by atoms with Gasteiger partial charge >= 0.3 is 5.97 Å². The third-order valence-electron chi connectivity index (χ3n) is 4.37. The first-order valence-corrected chi connectivity index (χ1v) is 9.14. The Hall–Kier alpha value is -3.70. The van der Waals surface area contributed by atoms with Crippen LogP contribution in [0, 0.1) is 0 Å². The molecule has 3 aromatic rings. The van der Waals surface area contributed by atoms with E-state index in [9.17, 15) is 14.4 Å². The number of carbonyl (C=O) groups is 3. The quantitative estimate of drug-likeness (QED) is 0.273. The molecular formula is C23H14ClNO4. The number of amides is 2. The summed E-state index contributed by atoms with van der Waals surface area (Å²) in [6.45, 7) is 0. The van der Waals surface area contributed by atoms with Crippen molar-refractivity contribution in [2.24, 2.45) is 0 Å². The number of hydrogen-bond acceptors (Lipinski definition) is 4. The number of halogens is 1. The second-order valence-electron chi connectivity index (χ2n) is 6.29. The van der Waals surface area contributed by atoms with E-state index in [2.05, 4.69) is 0 Å². The average molecular weight is 404 g/mol. The normalized spacial score (nSPS) is 13.1. The molecule has 0 radical (unpaired) electrons. The molecule has 0 saturated heterocycles. The summed E-state index contributed by atoms with van der Waals surface area (Å²) in [5, 5.41) is 0.606. The van der Waals surface area contributed by atoms with Crippen molar-refractivity contribution < 1.29 is 19.1 Å². The van der Waals surface area contributed by atoms with Gasteiger partial charge in [0.15, 0.2) is 0 Å². The summed E-state index contributed by atoms with van der Waals surface area (Å²) in [6.07, 6.45) is 2.89. The van der Waals surface area contributed by atoms with Gasteiger partial charge in [-0.1, -0.05) is 41.9 Å². The van der Waals surface area contributed by atoms with Gasteiger partial charge in [-0.05, 0) is 48.0 Å². The Morgan fingerprint density at radius 3 is 2.17 bits per heavy atom. The summed E-state index contributed by atoms with van der Waals surface area (Å²) >= 11 is 5.83. The maximum absolute atomic E-state index is 12.6. The molecule has 4 rings (SSSR count). The monoisotopic (exact) mass is 403 g/mol. The van der Waals surface area contributed by atoms with E-state index in [1.165, 1.54) is 12.1 Å². The molecule has 0 atom stereocenters. The molecule has 0 fully saturated rings. The predicted octanol–water partition coefficient (Wildman–Crippen LogP) is 4.76. The molecule has 1 heterocycles. The van der Waals surface area contributed by atoms with E-state index in [1.807, 2.05) is 0 Å². The Morgan fingerprint density at radius 1 is 0.862 bits per heavy atom. The topological polar surface area (TPSA) is 63.7 Å². The fourth-order valence-corrected chi connectivity index (χ4v) is 3.12. The van der Waals surface area contributed by atoms with Crippen molar-refractivity contribution >= 4 is 41.1 Å². The Balaban J connectivity index is 1.51. The summed E-state index contributed by atoms with van der Waals surface area (Å²) in [7, 11) is 0. The largest absolute Gasteiger partial charge is 0.423 e. The van der Waals surface area contributed by atoms with E-state index in [-0.39, 0.29) is 5.75 Å². The fourth-order valence-electron chi connectivity index (χ4n) is 3.00. The summed E-state index contributed by atoms with van der Waals surface area (Å²) < 4.78 is 5.31. The summed E-state index contributed by atoms with van der Waals surface area (Å²) in [4.78, 5) is 38.4. The van der Waals surface area contributed by atoms with Crippen LogP contribution >= 0.6 is 11.6 Å². The first-order valence-electron chi connectivity index (χ1n) is 8.76. The molecule has 0 aromatic heterocycles. The third-order valence-corrected chi connectivity index (χ3v) is 4.62. The number of fused-ring (bicyclic) bond motifs is 1. The van der Waals surface area contributed by atoms with Crippen molar-refractivity contribution in [1.29, 1.82) is 0 Å². The van der Waals surface area contributed by atoms with Crippen molar-refractivity contribution in [1.82, 2.24) is 0 Å². The lowest BCUT2D eigenvalue weighted by molar-refractivity contribution is -0.128. The molecule has 0 aliphatic carbocycles. The number of imide groups is 1. The molecule has 142 valence electrons. The van der Waals surface area contributed by atoms with E-state index in [0.717, 1.165) is 10.5 Å². The van der Waals surface area contributed by atoms with Gasteiger partial charge in [-0.25, -0.2) is 9.69 Å². The molecule has 0 spiro atoms. The number of ether oxygens (including phenoxy) is 1. The number of anilines is 1. The molecular weight excluding hydrogens is 390 g/mol. The van der Waals surface area contributed by atoms with E-state index in [0.29, 0.717) is 21.8 Å². The van der Waals surface area contributed by atoms with Gasteiger partial charge in [0.25, 0.3) is 11.8 Å². The van der Waals surface area contributed by atoms with Gasteiger partial charge in [-0.2, -0.15) is 0 Å². The van der Waals surface area contributed by atoms with Crippen LogP contribution in [0.3, 0.4) is 0 Å². The van der Waals surface area contributed by atoms with Crippen molar-refractivity contribution in [3.05, 3.63) is 101 Å². The molecule has 2 amide bonds. The highest BCUT2D eigenvalue weighted by Gasteiger charge is 2.36. The fraction of sp³-hybridized carbons (Fsp3) is 0. The Morgan fingerprint density at radius 2 is 1.52 bits per heavy atom. The van der Waals surface area contributed by atoms with Crippen molar-refractivity contribution in [3.8, 4) is 5.75 Å². The average Bonchev–Trinajstić information content (AvgIpc) is 2.98. The van der Waals surface area contributed by atoms with Crippen molar-refractivity contribution in [2.45, 2.75) is 0 Å². The lowest BCUT2D eigenvalue weighted by Gasteiger charge is -2.14. The third kappa shape index (κ3) is 3.81. The molecule has 3 aromatic carbocycles. The van der Waals surface area contributed by atoms with Crippen LogP contribution < -0.4 is 9.64 Å². The SMILES string of the molecule is O=C(/C=C/c1ccc(Cl)cc1)Oc1cccc(N2C(=O)c3ccccc3C2=O)c1. The zero-order chi connectivity index (χ0) is 20.4. The number of esters is 1. The van der Waals surface area contributed by atoms with Gasteiger partial charge in [-0.15, -0.1) is 0 Å². The van der Waals surface area contributed by atoms with Gasteiger partial charge < -0.3 is 4.74 Å². The van der Waals surface area contributed by atoms with E-state index in [4.69, 9.17) is 16.3 Å². The van der Waals surface area contributed by atoms with Crippen LogP contribution in [-0.4, -0.2) is 17.8 Å². The molecule has 6 heteroatoms. The molecule has 29 heavy (non-hydrogen) atoms. The van der Waals surface area contributed by atoms with Crippen molar-refractivity contribution in [3.63, 3.8) is 0 Å². The standard InChI is InChI=1S/C23H14ClNO4/c24-16-11-8-15(9-12-16)10-13-21(26)29-18-5-3-4-17(14-18)25-22(27)19-6-1-2-7-20(19)23(25)28/h1-14H/b13-10+. The van der Waals surface area contributed by atoms with Crippen LogP contribution in [0.2, 0.25) is 5.02 Å². The Kier molecular flexibility index (Phi) is 4.97. The summed E-state index contributed by atoms with van der Waals surface area (Å²) in [6, 6.07) is 19.9. The van der Waals surface area contributed by atoms with E-state index in [1.54, 1.807) is 72.8 Å². The van der Waals surface area contributed by atoms with Crippen LogP contribution in [0.5, 0.6) is 5.75 Å². The highest BCUT2D eigenvalue weighted by Crippen LogP contribution is 2.30. The number of hydrogen-bond donors (Lipinski definition) is 0. The lowest BCUT2D eigenvalue weighted by atomic mass is 10.1. The van der Waals surface area contributed by atoms with Crippen LogP contribution in [0.1, 0.15) is 26.3 Å². The number of benzene rings is 3. The summed E-state index contributed by atoms with van der Waals surface area (Å²) in [5.74, 6) is -1.17. The molecule has 1 aliphatic heterocycles. The second-order valence-corrected chi connectivity index (χ2v) is 6.73. The van der Waals surface area contributed by atoms with Gasteiger partial charge in [0, 0.05) is 17.2 Å². The van der Waals surface area contributed by atoms with Crippen LogP contribution in [0.4, 0.5) is 5.69 Å². The number of nitrogens with zero attached hydrogens (tertiary/aromatic N) is 1. The second kappa shape index (κ2) is 7.73. The highest BCUT2D eigenvalue weighted by molar-refractivity contribution is 6.34. The first-order chi connectivity index (χ1) is 14.0. The molecule has 0 saturated carbocycles. The predicted molar refractivity (Wildman–Crippen MR) is 110 cm³/mol. The molecule has 0 N–H and O–H groups in total. The van der Waals surface area contributed by atoms with Crippen LogP contribution in [0.15, 0.2) is 78.9 Å². The minimum absolute atomic E-state index is 0.227. The summed E-state index contributed by atoms with van der Waals surface area (Å²) in [5.41, 5.74) is 1.84. The highest BCUT2D eigenvalue weighted by atomic mass is 35.5. The Labute approximate surface area is 171 Å². The minimum atomic E-state index is -0.584. The van der Waals surface area contributed by atoms with Gasteiger partial charge in [0.05, 0.1) is 16.8 Å². The zero-order valence-corrected chi connectivity index (χ0v) is 15.8. The van der Waals surface area contributed by atoms with E-state index < -0.39 is 17.8 Å². The molecule has 0 unspecified atom stereocenters. The molecule has 0 bridgehead atoms. The van der Waals surface area contributed by atoms with Crippen molar-refractivity contribution in [2.75, 3.05) is 4.90 Å². The zero-order valence-electron chi connectivity index (χ0n) is 15.0. The van der Waals surface area contributed by atoms with Gasteiger partial charge in [0.1, 0.15) is 5.75 Å². The van der Waals surface area contributed by atoms with Gasteiger partial charge in [-0.3, -0.25) is 9.59 Å². The van der Waals surface area contributed by atoms with E-state index >= 15 is 0 Å². The first kappa shape index (κ1) is 18.7. The van der Waals surface area contributed by atoms with Gasteiger partial charge in [0.2, 0.25) is 0 Å². The number of carbonyl (C=O) groups excluding carboxylic acids is 3. The smallest absolute Gasteiger partial charge is 0.336 e. The lowest BCUT2D eigenvalue weighted by Crippen LogP contribution is -2.29. The Bertz CT molecular complexity index is 1120. The maximum atomic E-state index is 12.6. The van der Waals surface area contributed by atoms with Crippen LogP contribution in [0.25, 0.3) is 6.08 Å². The number of rotatable bonds is 4. The maximum Gasteiger partial charge on any atom is 0.336 e.